The molecule has 0 atom stereocenters. The van der Waals surface area contributed by atoms with Crippen LogP contribution in [0, 0.1) is 6.92 Å². The molecule has 2 aromatic rings. The van der Waals surface area contributed by atoms with E-state index >= 15 is 0 Å². The van der Waals surface area contributed by atoms with Crippen LogP contribution in [0.2, 0.25) is 5.02 Å². The van der Waals surface area contributed by atoms with E-state index < -0.39 is 0 Å². The van der Waals surface area contributed by atoms with Gasteiger partial charge in [0.1, 0.15) is 5.76 Å². The second kappa shape index (κ2) is 8.36. The molecule has 1 aromatic heterocycles. The van der Waals surface area contributed by atoms with Crippen LogP contribution < -0.4 is 5.32 Å². The predicted molar refractivity (Wildman–Crippen MR) is 98.1 cm³/mol. The van der Waals surface area contributed by atoms with Crippen molar-refractivity contribution in [3.05, 3.63) is 52.4 Å². The Morgan fingerprint density at radius 1 is 1.27 bits per heavy atom. The fraction of sp³-hybridized carbons (Fsp3) is 0.421. The Hall–Kier alpha value is -2.34. The van der Waals surface area contributed by atoms with Gasteiger partial charge in [-0.1, -0.05) is 28.9 Å². The molecule has 6 nitrogen and oxygen atoms in total. The molecule has 1 aliphatic heterocycles. The van der Waals surface area contributed by atoms with Crippen LogP contribution in [0.3, 0.4) is 0 Å². The van der Waals surface area contributed by atoms with E-state index in [4.69, 9.17) is 16.1 Å². The van der Waals surface area contributed by atoms with Gasteiger partial charge in [-0.15, -0.1) is 0 Å². The third-order valence-electron chi connectivity index (χ3n) is 4.58. The molecule has 3 rings (SSSR count). The van der Waals surface area contributed by atoms with Gasteiger partial charge >= 0.3 is 0 Å². The average molecular weight is 376 g/mol. The molecular formula is C19H22ClN3O3. The zero-order valence-electron chi connectivity index (χ0n) is 14.7. The molecule has 0 saturated carbocycles. The largest absolute Gasteiger partial charge is 0.361 e. The van der Waals surface area contributed by atoms with E-state index in [-0.39, 0.29) is 17.9 Å². The highest BCUT2D eigenvalue weighted by Gasteiger charge is 2.24. The Kier molecular flexibility index (Phi) is 5.93. The molecule has 0 aliphatic carbocycles. The molecule has 1 saturated heterocycles. The molecule has 7 heteroatoms. The smallest absolute Gasteiger partial charge is 0.273 e. The molecule has 0 spiro atoms. The standard InChI is InChI=1S/C19H22ClN3O3/c1-13-12-17(22-26-13)19(25)21-16-8-10-23(11-9-16)18(24)7-4-14-2-5-15(20)6-3-14/h2-3,5-6,12,16H,4,7-11H2,1H3,(H,21,25). The average Bonchev–Trinajstić information content (AvgIpc) is 3.08. The summed E-state index contributed by atoms with van der Waals surface area (Å²) in [6, 6.07) is 9.24. The van der Waals surface area contributed by atoms with E-state index in [1.54, 1.807) is 13.0 Å². The summed E-state index contributed by atoms with van der Waals surface area (Å²) in [4.78, 5) is 26.4. The van der Waals surface area contributed by atoms with Gasteiger partial charge in [-0.25, -0.2) is 0 Å². The number of aromatic nitrogens is 1. The third kappa shape index (κ3) is 4.85. The summed E-state index contributed by atoms with van der Waals surface area (Å²) >= 11 is 5.87. The van der Waals surface area contributed by atoms with Crippen LogP contribution in [0.25, 0.3) is 0 Å². The molecule has 0 unspecified atom stereocenters. The normalized spacial score (nSPS) is 15.1. The van der Waals surface area contributed by atoms with Crippen molar-refractivity contribution < 1.29 is 14.1 Å². The number of nitrogens with one attached hydrogen (secondary N) is 1. The van der Waals surface area contributed by atoms with Crippen molar-refractivity contribution in [2.45, 2.75) is 38.6 Å². The fourth-order valence-corrected chi connectivity index (χ4v) is 3.19. The number of amides is 2. The fourth-order valence-electron chi connectivity index (χ4n) is 3.07. The number of halogens is 1. The summed E-state index contributed by atoms with van der Waals surface area (Å²) in [5, 5.41) is 7.38. The number of benzene rings is 1. The summed E-state index contributed by atoms with van der Waals surface area (Å²) in [5.41, 5.74) is 1.40. The zero-order chi connectivity index (χ0) is 18.5. The molecule has 2 heterocycles. The van der Waals surface area contributed by atoms with E-state index in [1.807, 2.05) is 29.2 Å². The number of piperidine rings is 1. The van der Waals surface area contributed by atoms with Crippen molar-refractivity contribution in [1.29, 1.82) is 0 Å². The molecule has 1 fully saturated rings. The van der Waals surface area contributed by atoms with Crippen molar-refractivity contribution in [3.8, 4) is 0 Å². The molecule has 0 bridgehead atoms. The highest BCUT2D eigenvalue weighted by molar-refractivity contribution is 6.30. The number of likely N-dealkylation sites (tertiary alicyclic amines) is 1. The molecule has 1 aliphatic rings. The molecule has 1 aromatic carbocycles. The lowest BCUT2D eigenvalue weighted by Gasteiger charge is -2.32. The third-order valence-corrected chi connectivity index (χ3v) is 4.84. The number of hydrogen-bond acceptors (Lipinski definition) is 4. The maximum atomic E-state index is 12.4. The summed E-state index contributed by atoms with van der Waals surface area (Å²) < 4.78 is 4.92. The maximum Gasteiger partial charge on any atom is 0.273 e. The van der Waals surface area contributed by atoms with Crippen molar-refractivity contribution >= 4 is 23.4 Å². The summed E-state index contributed by atoms with van der Waals surface area (Å²) in [5.74, 6) is 0.530. The number of nitrogens with zero attached hydrogens (tertiary/aromatic N) is 2. The Bertz CT molecular complexity index is 765. The van der Waals surface area contributed by atoms with Gasteiger partial charge in [-0.2, -0.15) is 0 Å². The second-order valence-corrected chi connectivity index (χ2v) is 7.01. The Balaban J connectivity index is 1.42. The van der Waals surface area contributed by atoms with Crippen LogP contribution in [-0.2, 0) is 11.2 Å². The number of rotatable bonds is 5. The Morgan fingerprint density at radius 3 is 2.58 bits per heavy atom. The van der Waals surface area contributed by atoms with E-state index in [1.165, 1.54) is 0 Å². The highest BCUT2D eigenvalue weighted by atomic mass is 35.5. The van der Waals surface area contributed by atoms with E-state index in [0.29, 0.717) is 42.4 Å². The monoisotopic (exact) mass is 375 g/mol. The lowest BCUT2D eigenvalue weighted by atomic mass is 10.0. The zero-order valence-corrected chi connectivity index (χ0v) is 15.5. The first-order chi connectivity index (χ1) is 12.5. The number of carbonyl (C=O) groups excluding carboxylic acids is 2. The number of aryl methyl sites for hydroxylation is 2. The van der Waals surface area contributed by atoms with Crippen molar-refractivity contribution in [1.82, 2.24) is 15.4 Å². The van der Waals surface area contributed by atoms with Gasteiger partial charge in [0, 0.05) is 36.6 Å². The van der Waals surface area contributed by atoms with Gasteiger partial charge in [0.25, 0.3) is 5.91 Å². The number of hydrogen-bond donors (Lipinski definition) is 1. The minimum absolute atomic E-state index is 0.0554. The van der Waals surface area contributed by atoms with Gasteiger partial charge in [0.05, 0.1) is 0 Å². The van der Waals surface area contributed by atoms with E-state index in [0.717, 1.165) is 18.4 Å². The Morgan fingerprint density at radius 2 is 1.96 bits per heavy atom. The van der Waals surface area contributed by atoms with Gasteiger partial charge in [0.2, 0.25) is 5.91 Å². The van der Waals surface area contributed by atoms with Crippen molar-refractivity contribution in [3.63, 3.8) is 0 Å². The lowest BCUT2D eigenvalue weighted by molar-refractivity contribution is -0.132. The topological polar surface area (TPSA) is 75.4 Å². The van der Waals surface area contributed by atoms with Crippen LogP contribution >= 0.6 is 11.6 Å². The Labute approximate surface area is 157 Å². The first-order valence-electron chi connectivity index (χ1n) is 8.77. The highest BCUT2D eigenvalue weighted by Crippen LogP contribution is 2.15. The maximum absolute atomic E-state index is 12.4. The van der Waals surface area contributed by atoms with E-state index in [9.17, 15) is 9.59 Å². The van der Waals surface area contributed by atoms with Crippen LogP contribution in [0.1, 0.15) is 41.1 Å². The molecule has 26 heavy (non-hydrogen) atoms. The number of carbonyl (C=O) groups is 2. The first kappa shape index (κ1) is 18.5. The van der Waals surface area contributed by atoms with Gasteiger partial charge in [-0.3, -0.25) is 9.59 Å². The molecule has 1 N–H and O–H groups in total. The summed E-state index contributed by atoms with van der Waals surface area (Å²) in [7, 11) is 0. The predicted octanol–water partition coefficient (Wildman–Crippen LogP) is 2.99. The molecule has 2 amide bonds. The van der Waals surface area contributed by atoms with Crippen molar-refractivity contribution in [2.75, 3.05) is 13.1 Å². The van der Waals surface area contributed by atoms with Gasteiger partial charge in [-0.05, 0) is 43.9 Å². The van der Waals surface area contributed by atoms with Crippen LogP contribution in [0.15, 0.2) is 34.9 Å². The second-order valence-electron chi connectivity index (χ2n) is 6.58. The first-order valence-corrected chi connectivity index (χ1v) is 9.15. The molecular weight excluding hydrogens is 354 g/mol. The molecule has 0 radical (unpaired) electrons. The quantitative estimate of drug-likeness (QED) is 0.871. The lowest BCUT2D eigenvalue weighted by Crippen LogP contribution is -2.46. The summed E-state index contributed by atoms with van der Waals surface area (Å²) in [6.07, 6.45) is 2.68. The van der Waals surface area contributed by atoms with Crippen LogP contribution in [0.5, 0.6) is 0 Å². The minimum Gasteiger partial charge on any atom is -0.361 e. The van der Waals surface area contributed by atoms with Crippen molar-refractivity contribution in [2.24, 2.45) is 0 Å². The minimum atomic E-state index is -0.227. The molecule has 138 valence electrons. The van der Waals surface area contributed by atoms with E-state index in [2.05, 4.69) is 10.5 Å². The van der Waals surface area contributed by atoms with Crippen LogP contribution in [0.4, 0.5) is 0 Å². The van der Waals surface area contributed by atoms with Gasteiger partial charge in [0.15, 0.2) is 5.69 Å². The SMILES string of the molecule is Cc1cc(C(=O)NC2CCN(C(=O)CCc3ccc(Cl)cc3)CC2)no1. The van der Waals surface area contributed by atoms with Crippen LogP contribution in [-0.4, -0.2) is 41.0 Å². The van der Waals surface area contributed by atoms with Gasteiger partial charge < -0.3 is 14.7 Å². The summed E-state index contributed by atoms with van der Waals surface area (Å²) in [6.45, 7) is 3.06.